The first-order valence-corrected chi connectivity index (χ1v) is 8.30. The Kier molecular flexibility index (Phi) is 3.11. The van der Waals surface area contributed by atoms with Crippen molar-refractivity contribution in [1.82, 2.24) is 10.2 Å². The van der Waals surface area contributed by atoms with Gasteiger partial charge < -0.3 is 10.2 Å². The van der Waals surface area contributed by atoms with Crippen LogP contribution in [0.4, 0.5) is 0 Å². The van der Waals surface area contributed by atoms with Gasteiger partial charge in [-0.25, -0.2) is 0 Å². The smallest absolute Gasteiger partial charge is 0.227 e. The fourth-order valence-corrected chi connectivity index (χ4v) is 4.78. The van der Waals surface area contributed by atoms with Crippen LogP contribution in [0.1, 0.15) is 31.2 Å². The number of benzene rings is 1. The molecule has 0 saturated carbocycles. The number of halogens is 1. The maximum atomic E-state index is 12.7. The summed E-state index contributed by atoms with van der Waals surface area (Å²) in [7, 11) is 0. The largest absolute Gasteiger partial charge is 0.336 e. The average Bonchev–Trinajstić information content (AvgIpc) is 2.40. The molecule has 1 N–H and O–H groups in total. The van der Waals surface area contributed by atoms with Gasteiger partial charge >= 0.3 is 0 Å². The van der Waals surface area contributed by atoms with Gasteiger partial charge in [-0.3, -0.25) is 4.79 Å². The Morgan fingerprint density at radius 1 is 1.15 bits per heavy atom. The van der Waals surface area contributed by atoms with E-state index in [1.54, 1.807) is 0 Å². The molecule has 20 heavy (non-hydrogen) atoms. The average molecular weight is 335 g/mol. The third-order valence-corrected chi connectivity index (χ3v) is 5.85. The lowest BCUT2D eigenvalue weighted by Gasteiger charge is -2.57. The van der Waals surface area contributed by atoms with E-state index in [-0.39, 0.29) is 0 Å². The van der Waals surface area contributed by atoms with Crippen LogP contribution >= 0.6 is 15.9 Å². The molecule has 4 aliphatic heterocycles. The van der Waals surface area contributed by atoms with Crippen molar-refractivity contribution in [1.29, 1.82) is 0 Å². The molecular formula is C16H19BrN2O. The molecule has 1 aromatic rings. The van der Waals surface area contributed by atoms with Gasteiger partial charge in [0.15, 0.2) is 0 Å². The van der Waals surface area contributed by atoms with Crippen molar-refractivity contribution in [2.24, 2.45) is 0 Å². The lowest BCUT2D eigenvalue weighted by Crippen LogP contribution is -2.68. The molecule has 4 bridgehead atoms. The van der Waals surface area contributed by atoms with Crippen molar-refractivity contribution in [3.05, 3.63) is 34.3 Å². The number of nitrogens with zero attached hydrogens (tertiary/aromatic N) is 1. The minimum absolute atomic E-state index is 0.311. The van der Waals surface area contributed by atoms with Crippen LogP contribution in [0.25, 0.3) is 0 Å². The summed E-state index contributed by atoms with van der Waals surface area (Å²) < 4.78 is 1.04. The molecule has 0 unspecified atom stereocenters. The Labute approximate surface area is 127 Å². The first-order valence-electron chi connectivity index (χ1n) is 7.51. The van der Waals surface area contributed by atoms with Crippen LogP contribution in [-0.2, 0) is 11.2 Å². The third kappa shape index (κ3) is 2.09. The van der Waals surface area contributed by atoms with E-state index in [0.717, 1.165) is 35.7 Å². The molecule has 1 aromatic carbocycles. The van der Waals surface area contributed by atoms with E-state index in [1.807, 2.05) is 24.3 Å². The highest BCUT2D eigenvalue weighted by Gasteiger charge is 2.48. The van der Waals surface area contributed by atoms with Gasteiger partial charge in [-0.05, 0) is 37.3 Å². The summed E-state index contributed by atoms with van der Waals surface area (Å²) in [6.07, 6.45) is 5.12. The van der Waals surface area contributed by atoms with Crippen molar-refractivity contribution in [3.63, 3.8) is 0 Å². The summed E-state index contributed by atoms with van der Waals surface area (Å²) >= 11 is 3.55. The first kappa shape index (κ1) is 12.8. The van der Waals surface area contributed by atoms with E-state index >= 15 is 0 Å². The minimum atomic E-state index is 0.311. The van der Waals surface area contributed by atoms with Gasteiger partial charge in [0.2, 0.25) is 5.91 Å². The SMILES string of the molecule is O=C(Cc1ccccc1Br)N1C2CC3CC1CC(C2)N3. The van der Waals surface area contributed by atoms with Crippen LogP contribution in [-0.4, -0.2) is 35.0 Å². The van der Waals surface area contributed by atoms with E-state index in [0.29, 0.717) is 36.5 Å². The first-order chi connectivity index (χ1) is 9.70. The van der Waals surface area contributed by atoms with E-state index in [2.05, 4.69) is 26.1 Å². The molecular weight excluding hydrogens is 316 g/mol. The van der Waals surface area contributed by atoms with Gasteiger partial charge in [-0.1, -0.05) is 34.1 Å². The Morgan fingerprint density at radius 2 is 1.75 bits per heavy atom. The van der Waals surface area contributed by atoms with Crippen molar-refractivity contribution in [2.75, 3.05) is 0 Å². The van der Waals surface area contributed by atoms with Crippen LogP contribution in [0.2, 0.25) is 0 Å². The fourth-order valence-electron chi connectivity index (χ4n) is 4.36. The second-order valence-electron chi connectivity index (χ2n) is 6.38. The number of rotatable bonds is 2. The van der Waals surface area contributed by atoms with Gasteiger partial charge in [-0.15, -0.1) is 0 Å². The van der Waals surface area contributed by atoms with E-state index in [9.17, 15) is 4.79 Å². The summed E-state index contributed by atoms with van der Waals surface area (Å²) in [5, 5.41) is 3.69. The molecule has 0 radical (unpaired) electrons. The van der Waals surface area contributed by atoms with Crippen molar-refractivity contribution >= 4 is 21.8 Å². The lowest BCUT2D eigenvalue weighted by molar-refractivity contribution is -0.144. The number of nitrogens with one attached hydrogen (secondary N) is 1. The Balaban J connectivity index is 1.53. The van der Waals surface area contributed by atoms with Crippen LogP contribution < -0.4 is 5.32 Å². The summed E-state index contributed by atoms with van der Waals surface area (Å²) in [6, 6.07) is 10.3. The highest BCUT2D eigenvalue weighted by atomic mass is 79.9. The maximum Gasteiger partial charge on any atom is 0.227 e. The number of piperidine rings is 4. The molecule has 4 aliphatic rings. The molecule has 4 heteroatoms. The zero-order chi connectivity index (χ0) is 13.7. The van der Waals surface area contributed by atoms with Crippen LogP contribution in [0.15, 0.2) is 28.7 Å². The second-order valence-corrected chi connectivity index (χ2v) is 7.23. The van der Waals surface area contributed by atoms with Crippen molar-refractivity contribution in [3.8, 4) is 0 Å². The number of carbonyl (C=O) groups is 1. The zero-order valence-corrected chi connectivity index (χ0v) is 13.0. The predicted octanol–water partition coefficient (Wildman–Crippen LogP) is 2.49. The minimum Gasteiger partial charge on any atom is -0.336 e. The molecule has 4 saturated heterocycles. The van der Waals surface area contributed by atoms with Crippen LogP contribution in [0, 0.1) is 0 Å². The summed E-state index contributed by atoms with van der Waals surface area (Å²) in [6.45, 7) is 0. The molecule has 0 aromatic heterocycles. The van der Waals surface area contributed by atoms with Crippen LogP contribution in [0.5, 0.6) is 0 Å². The molecule has 106 valence electrons. The molecule has 1 amide bonds. The summed E-state index contributed by atoms with van der Waals surface area (Å²) in [5.41, 5.74) is 1.10. The number of hydrogen-bond acceptors (Lipinski definition) is 2. The highest BCUT2D eigenvalue weighted by Crippen LogP contribution is 2.39. The Bertz CT molecular complexity index is 517. The highest BCUT2D eigenvalue weighted by molar-refractivity contribution is 9.10. The molecule has 0 aliphatic carbocycles. The lowest BCUT2D eigenvalue weighted by atomic mass is 9.74. The number of carbonyl (C=O) groups excluding carboxylic acids is 1. The summed E-state index contributed by atoms with van der Waals surface area (Å²) in [4.78, 5) is 15.0. The van der Waals surface area contributed by atoms with E-state index < -0.39 is 0 Å². The number of hydrogen-bond donors (Lipinski definition) is 1. The van der Waals surface area contributed by atoms with Crippen molar-refractivity contribution < 1.29 is 4.79 Å². The summed E-state index contributed by atoms with van der Waals surface area (Å²) in [5.74, 6) is 0.311. The van der Waals surface area contributed by atoms with Crippen molar-refractivity contribution in [2.45, 2.75) is 56.3 Å². The predicted molar refractivity (Wildman–Crippen MR) is 81.4 cm³/mol. The fraction of sp³-hybridized carbons (Fsp3) is 0.562. The maximum absolute atomic E-state index is 12.7. The Hall–Kier alpha value is -0.870. The number of amides is 1. The van der Waals surface area contributed by atoms with E-state index in [4.69, 9.17) is 0 Å². The molecule has 5 rings (SSSR count). The van der Waals surface area contributed by atoms with Gasteiger partial charge in [0.25, 0.3) is 0 Å². The molecule has 0 spiro atoms. The second kappa shape index (κ2) is 4.85. The standard InChI is InChI=1S/C16H19BrN2O/c17-15-4-2-1-3-10(15)5-16(20)19-13-6-11-7-14(19)9-12(8-13)18-11/h1-4,11-14,18H,5-9H2. The third-order valence-electron chi connectivity index (χ3n) is 5.07. The topological polar surface area (TPSA) is 32.3 Å². The molecule has 3 nitrogen and oxygen atoms in total. The van der Waals surface area contributed by atoms with E-state index in [1.165, 1.54) is 0 Å². The molecule has 0 atom stereocenters. The monoisotopic (exact) mass is 334 g/mol. The van der Waals surface area contributed by atoms with Crippen LogP contribution in [0.3, 0.4) is 0 Å². The van der Waals surface area contributed by atoms with Gasteiger partial charge in [0.1, 0.15) is 0 Å². The van der Waals surface area contributed by atoms with Gasteiger partial charge in [0.05, 0.1) is 6.42 Å². The molecule has 4 heterocycles. The quantitative estimate of drug-likeness (QED) is 0.901. The normalized spacial score (nSPS) is 34.5. The van der Waals surface area contributed by atoms with Gasteiger partial charge in [-0.2, -0.15) is 0 Å². The molecule has 4 fully saturated rings. The Morgan fingerprint density at radius 3 is 2.35 bits per heavy atom. The zero-order valence-electron chi connectivity index (χ0n) is 11.4. The van der Waals surface area contributed by atoms with Gasteiger partial charge in [0, 0.05) is 28.6 Å².